The number of carbonyl (C=O) groups excluding carboxylic acids is 1. The molecule has 0 N–H and O–H groups in total. The maximum absolute atomic E-state index is 14.4. The molecule has 0 aliphatic carbocycles. The standard InChI is InChI=1S/C18H19ClFNO3S/c1-12(2)21(13(3)22)18-9-4-14(10-17(18)20)11-25(23,24)16-7-5-15(19)6-8-16/h4-10,12H,11H2,1-3H3. The summed E-state index contributed by atoms with van der Waals surface area (Å²) in [6, 6.07) is 9.71. The lowest BCUT2D eigenvalue weighted by Crippen LogP contribution is -2.35. The van der Waals surface area contributed by atoms with Gasteiger partial charge in [0.15, 0.2) is 9.84 Å². The first-order valence-corrected chi connectivity index (χ1v) is 9.71. The van der Waals surface area contributed by atoms with Crippen LogP contribution in [-0.4, -0.2) is 20.4 Å². The Hall–Kier alpha value is -1.92. The van der Waals surface area contributed by atoms with E-state index in [2.05, 4.69) is 0 Å². The Morgan fingerprint density at radius 3 is 2.24 bits per heavy atom. The summed E-state index contributed by atoms with van der Waals surface area (Å²) in [6.45, 7) is 4.91. The van der Waals surface area contributed by atoms with Gasteiger partial charge >= 0.3 is 0 Å². The first-order valence-electron chi connectivity index (χ1n) is 7.68. The van der Waals surface area contributed by atoms with Crippen molar-refractivity contribution < 1.29 is 17.6 Å². The summed E-state index contributed by atoms with van der Waals surface area (Å²) in [4.78, 5) is 13.2. The Kier molecular flexibility index (Phi) is 5.85. The summed E-state index contributed by atoms with van der Waals surface area (Å²) in [5.41, 5.74) is 0.443. The third kappa shape index (κ3) is 4.58. The summed E-state index contributed by atoms with van der Waals surface area (Å²) in [7, 11) is -3.62. The number of rotatable bonds is 5. The number of sulfone groups is 1. The summed E-state index contributed by atoms with van der Waals surface area (Å²) in [6.07, 6.45) is 0. The van der Waals surface area contributed by atoms with Gasteiger partial charge in [0.1, 0.15) is 5.82 Å². The van der Waals surface area contributed by atoms with Crippen LogP contribution in [0.3, 0.4) is 0 Å². The van der Waals surface area contributed by atoms with Crippen LogP contribution >= 0.6 is 11.6 Å². The predicted molar refractivity (Wildman–Crippen MR) is 97.0 cm³/mol. The van der Waals surface area contributed by atoms with Crippen molar-refractivity contribution in [1.82, 2.24) is 0 Å². The van der Waals surface area contributed by atoms with Crippen LogP contribution in [0.25, 0.3) is 0 Å². The van der Waals surface area contributed by atoms with Crippen LogP contribution in [0.5, 0.6) is 0 Å². The van der Waals surface area contributed by atoms with Crippen molar-refractivity contribution in [3.63, 3.8) is 0 Å². The number of halogens is 2. The summed E-state index contributed by atoms with van der Waals surface area (Å²) >= 11 is 5.76. The van der Waals surface area contributed by atoms with Gasteiger partial charge in [-0.1, -0.05) is 17.7 Å². The molecular formula is C18H19ClFNO3S. The van der Waals surface area contributed by atoms with E-state index >= 15 is 0 Å². The minimum atomic E-state index is -3.62. The van der Waals surface area contributed by atoms with Crippen LogP contribution in [0.2, 0.25) is 5.02 Å². The van der Waals surface area contributed by atoms with Gasteiger partial charge in [-0.2, -0.15) is 0 Å². The van der Waals surface area contributed by atoms with Crippen LogP contribution in [0.4, 0.5) is 10.1 Å². The van der Waals surface area contributed by atoms with Crippen LogP contribution in [0, 0.1) is 5.82 Å². The van der Waals surface area contributed by atoms with Crippen LogP contribution in [0.15, 0.2) is 47.4 Å². The van der Waals surface area contributed by atoms with E-state index in [1.165, 1.54) is 48.2 Å². The molecule has 7 heteroatoms. The van der Waals surface area contributed by atoms with Gasteiger partial charge in [-0.05, 0) is 55.8 Å². The van der Waals surface area contributed by atoms with Crippen molar-refractivity contribution in [2.75, 3.05) is 4.90 Å². The molecular weight excluding hydrogens is 365 g/mol. The minimum absolute atomic E-state index is 0.119. The second kappa shape index (κ2) is 7.54. The normalized spacial score (nSPS) is 11.6. The van der Waals surface area contributed by atoms with Gasteiger partial charge in [-0.15, -0.1) is 0 Å². The fraction of sp³-hybridized carbons (Fsp3) is 0.278. The number of hydrogen-bond donors (Lipinski definition) is 0. The van der Waals surface area contributed by atoms with E-state index in [1.54, 1.807) is 13.8 Å². The molecule has 0 spiro atoms. The monoisotopic (exact) mass is 383 g/mol. The van der Waals surface area contributed by atoms with E-state index in [4.69, 9.17) is 11.6 Å². The lowest BCUT2D eigenvalue weighted by Gasteiger charge is -2.26. The fourth-order valence-corrected chi connectivity index (χ4v) is 4.05. The average molecular weight is 384 g/mol. The van der Waals surface area contributed by atoms with Crippen molar-refractivity contribution in [3.05, 3.63) is 58.9 Å². The molecule has 0 aliphatic rings. The number of anilines is 1. The number of hydrogen-bond acceptors (Lipinski definition) is 3. The molecule has 0 heterocycles. The zero-order valence-corrected chi connectivity index (χ0v) is 15.7. The van der Waals surface area contributed by atoms with E-state index in [1.807, 2.05) is 0 Å². The lowest BCUT2D eigenvalue weighted by molar-refractivity contribution is -0.116. The molecule has 0 atom stereocenters. The highest BCUT2D eigenvalue weighted by Gasteiger charge is 2.21. The van der Waals surface area contributed by atoms with Gasteiger partial charge in [-0.25, -0.2) is 12.8 Å². The van der Waals surface area contributed by atoms with E-state index < -0.39 is 15.7 Å². The van der Waals surface area contributed by atoms with E-state index in [9.17, 15) is 17.6 Å². The second-order valence-electron chi connectivity index (χ2n) is 5.98. The Balaban J connectivity index is 2.31. The Morgan fingerprint density at radius 1 is 1.16 bits per heavy atom. The van der Waals surface area contributed by atoms with Crippen LogP contribution in [-0.2, 0) is 20.4 Å². The quantitative estimate of drug-likeness (QED) is 0.776. The Morgan fingerprint density at radius 2 is 1.76 bits per heavy atom. The second-order valence-corrected chi connectivity index (χ2v) is 8.41. The van der Waals surface area contributed by atoms with Crippen molar-refractivity contribution >= 4 is 33.0 Å². The number of nitrogens with zero attached hydrogens (tertiary/aromatic N) is 1. The van der Waals surface area contributed by atoms with Gasteiger partial charge in [0.2, 0.25) is 5.91 Å². The van der Waals surface area contributed by atoms with Gasteiger partial charge in [-0.3, -0.25) is 4.79 Å². The molecule has 0 aromatic heterocycles. The van der Waals surface area contributed by atoms with Crippen molar-refractivity contribution in [3.8, 4) is 0 Å². The molecule has 1 amide bonds. The van der Waals surface area contributed by atoms with Crippen LogP contribution < -0.4 is 4.90 Å². The van der Waals surface area contributed by atoms with E-state index in [0.29, 0.717) is 10.6 Å². The SMILES string of the molecule is CC(=O)N(c1ccc(CS(=O)(=O)c2ccc(Cl)cc2)cc1F)C(C)C. The maximum Gasteiger partial charge on any atom is 0.224 e. The molecule has 0 radical (unpaired) electrons. The van der Waals surface area contributed by atoms with E-state index in [-0.39, 0.29) is 28.3 Å². The van der Waals surface area contributed by atoms with Crippen molar-refractivity contribution in [1.29, 1.82) is 0 Å². The molecule has 0 bridgehead atoms. The predicted octanol–water partition coefficient (Wildman–Crippen LogP) is 4.21. The minimum Gasteiger partial charge on any atom is -0.307 e. The van der Waals surface area contributed by atoms with Crippen molar-refractivity contribution in [2.24, 2.45) is 0 Å². The molecule has 134 valence electrons. The van der Waals surface area contributed by atoms with Gasteiger partial charge in [0, 0.05) is 18.0 Å². The maximum atomic E-state index is 14.4. The first kappa shape index (κ1) is 19.4. The Labute approximate surface area is 152 Å². The zero-order chi connectivity index (χ0) is 18.8. The Bertz CT molecular complexity index is 880. The third-order valence-electron chi connectivity index (χ3n) is 3.66. The van der Waals surface area contributed by atoms with Crippen LogP contribution in [0.1, 0.15) is 26.3 Å². The third-order valence-corrected chi connectivity index (χ3v) is 5.61. The molecule has 2 aromatic rings. The zero-order valence-electron chi connectivity index (χ0n) is 14.2. The lowest BCUT2D eigenvalue weighted by atomic mass is 10.1. The molecule has 25 heavy (non-hydrogen) atoms. The molecule has 2 rings (SSSR count). The number of benzene rings is 2. The highest BCUT2D eigenvalue weighted by Crippen LogP contribution is 2.25. The average Bonchev–Trinajstić information content (AvgIpc) is 2.49. The van der Waals surface area contributed by atoms with Gasteiger partial charge in [0.05, 0.1) is 16.3 Å². The summed E-state index contributed by atoms with van der Waals surface area (Å²) in [5.74, 6) is -1.25. The molecule has 4 nitrogen and oxygen atoms in total. The molecule has 0 saturated heterocycles. The first-order chi connectivity index (χ1) is 11.6. The summed E-state index contributed by atoms with van der Waals surface area (Å²) < 4.78 is 39.3. The molecule has 0 saturated carbocycles. The molecule has 0 fully saturated rings. The number of carbonyl (C=O) groups is 1. The summed E-state index contributed by atoms with van der Waals surface area (Å²) in [5, 5.41) is 0.437. The molecule has 0 unspecified atom stereocenters. The topological polar surface area (TPSA) is 54.5 Å². The fourth-order valence-electron chi connectivity index (χ4n) is 2.59. The largest absolute Gasteiger partial charge is 0.307 e. The highest BCUT2D eigenvalue weighted by atomic mass is 35.5. The van der Waals surface area contributed by atoms with Gasteiger partial charge < -0.3 is 4.90 Å². The van der Waals surface area contributed by atoms with Gasteiger partial charge in [0.25, 0.3) is 0 Å². The molecule has 0 aliphatic heterocycles. The molecule has 2 aromatic carbocycles. The highest BCUT2D eigenvalue weighted by molar-refractivity contribution is 7.90. The van der Waals surface area contributed by atoms with E-state index in [0.717, 1.165) is 6.07 Å². The van der Waals surface area contributed by atoms with Crippen molar-refractivity contribution in [2.45, 2.75) is 37.5 Å². The smallest absolute Gasteiger partial charge is 0.224 e. The number of amides is 1.